The number of hydrogen-bond donors (Lipinski definition) is 0. The molecular weight excluding hydrogens is 637 g/mol. The molecule has 0 spiro atoms. The van der Waals surface area contributed by atoms with Crippen LogP contribution in [0.15, 0.2) is 48.8 Å². The van der Waals surface area contributed by atoms with Crippen molar-refractivity contribution in [2.75, 3.05) is 47.5 Å². The number of amides is 1. The van der Waals surface area contributed by atoms with Crippen molar-refractivity contribution in [3.05, 3.63) is 65.5 Å². The summed E-state index contributed by atoms with van der Waals surface area (Å²) in [7, 11) is 7.29. The molecular formula is C30H32IN5O3S. The Labute approximate surface area is 250 Å². The molecule has 2 aromatic carbocycles. The van der Waals surface area contributed by atoms with Crippen molar-refractivity contribution >= 4 is 47.4 Å². The zero-order valence-electron chi connectivity index (χ0n) is 22.9. The van der Waals surface area contributed by atoms with Gasteiger partial charge in [0.2, 0.25) is 0 Å². The first-order valence-corrected chi connectivity index (χ1v) is 16.8. The summed E-state index contributed by atoms with van der Waals surface area (Å²) in [6.45, 7) is 4.13. The third-order valence-electron chi connectivity index (χ3n) is 7.89. The van der Waals surface area contributed by atoms with E-state index in [0.29, 0.717) is 18.0 Å². The maximum atomic E-state index is 13.1. The predicted octanol–water partition coefficient (Wildman–Crippen LogP) is 5.72. The highest BCUT2D eigenvalue weighted by Gasteiger charge is 2.23. The smallest absolute Gasteiger partial charge is 0.253 e. The van der Waals surface area contributed by atoms with Crippen LogP contribution in [0.4, 0.5) is 0 Å². The number of benzene rings is 2. The standard InChI is InChI=1S/C30H32IN5O3S/c1-34-10-8-22-12-23(13-27(38-3)24(22)16-34)26-14-32-29-28(33-26)25(17-36(29)40-31)20-4-6-21(7-5-20)30(37)35(2)15-19-9-11-39-18-19/h4-7,12-14,17,19H,8-11,15-16,18H2,1-3H3. The molecule has 0 N–H and O–H groups in total. The maximum absolute atomic E-state index is 13.1. The molecule has 8 nitrogen and oxygen atoms in total. The van der Waals surface area contributed by atoms with Crippen LogP contribution in [0.3, 0.4) is 0 Å². The van der Waals surface area contributed by atoms with Crippen LogP contribution < -0.4 is 4.74 Å². The molecule has 2 aromatic heterocycles. The van der Waals surface area contributed by atoms with Crippen LogP contribution >= 0.6 is 30.3 Å². The summed E-state index contributed by atoms with van der Waals surface area (Å²) in [5, 5.41) is 0. The second kappa shape index (κ2) is 11.7. The van der Waals surface area contributed by atoms with Crippen molar-refractivity contribution < 1.29 is 14.3 Å². The van der Waals surface area contributed by atoms with E-state index in [9.17, 15) is 4.79 Å². The Morgan fingerprint density at radius 1 is 1.25 bits per heavy atom. The van der Waals surface area contributed by atoms with Gasteiger partial charge in [0.1, 0.15) is 11.3 Å². The van der Waals surface area contributed by atoms with Crippen molar-refractivity contribution in [2.45, 2.75) is 19.4 Å². The predicted molar refractivity (Wildman–Crippen MR) is 168 cm³/mol. The average Bonchev–Trinajstić information content (AvgIpc) is 3.63. The normalized spacial score (nSPS) is 17.2. The minimum absolute atomic E-state index is 0.0262. The molecule has 1 unspecified atom stereocenters. The molecule has 0 radical (unpaired) electrons. The Hall–Kier alpha value is -2.67. The molecule has 1 fully saturated rings. The minimum atomic E-state index is 0.0262. The highest BCUT2D eigenvalue weighted by Crippen LogP contribution is 2.36. The molecule has 2 aliphatic heterocycles. The van der Waals surface area contributed by atoms with Gasteiger partial charge in [0.25, 0.3) is 5.91 Å². The highest BCUT2D eigenvalue weighted by atomic mass is 127. The van der Waals surface area contributed by atoms with Gasteiger partial charge < -0.3 is 19.3 Å². The SMILES string of the molecule is COc1cc(-c2cnc3c(n2)c(-c2ccc(C(=O)N(C)CC4CCOC4)cc2)cn3SI)cc2c1CN(C)CC2. The fraction of sp³-hybridized carbons (Fsp3) is 0.367. The van der Waals surface area contributed by atoms with Gasteiger partial charge in [0.05, 0.1) is 25.6 Å². The first-order valence-electron chi connectivity index (χ1n) is 13.4. The van der Waals surface area contributed by atoms with Crippen molar-refractivity contribution in [2.24, 2.45) is 5.92 Å². The number of fused-ring (bicyclic) bond motifs is 2. The molecule has 4 heterocycles. The third-order valence-corrected chi connectivity index (χ3v) is 9.59. The van der Waals surface area contributed by atoms with E-state index >= 15 is 0 Å². The van der Waals surface area contributed by atoms with Crippen LogP contribution in [0.1, 0.15) is 27.9 Å². The van der Waals surface area contributed by atoms with Gasteiger partial charge in [-0.3, -0.25) is 8.77 Å². The zero-order valence-corrected chi connectivity index (χ0v) is 25.9. The Morgan fingerprint density at radius 2 is 2.08 bits per heavy atom. The number of aromatic nitrogens is 3. The molecule has 10 heteroatoms. The van der Waals surface area contributed by atoms with Gasteiger partial charge in [0.15, 0.2) is 5.65 Å². The Balaban J connectivity index is 1.33. The van der Waals surface area contributed by atoms with Gasteiger partial charge in [-0.2, -0.15) is 0 Å². The second-order valence-electron chi connectivity index (χ2n) is 10.7. The number of nitrogens with zero attached hydrogens (tertiary/aromatic N) is 5. The second-order valence-corrected chi connectivity index (χ2v) is 12.4. The lowest BCUT2D eigenvalue weighted by atomic mass is 9.95. The van der Waals surface area contributed by atoms with E-state index in [1.54, 1.807) is 21.1 Å². The van der Waals surface area contributed by atoms with Crippen LogP contribution in [0, 0.1) is 5.92 Å². The molecule has 1 atom stereocenters. The monoisotopic (exact) mass is 669 g/mol. The van der Waals surface area contributed by atoms with Crippen molar-refractivity contribution in [3.63, 3.8) is 0 Å². The van der Waals surface area contributed by atoms with Crippen LogP contribution in [-0.2, 0) is 17.7 Å². The van der Waals surface area contributed by atoms with Gasteiger partial charge in [-0.1, -0.05) is 12.1 Å². The van der Waals surface area contributed by atoms with E-state index in [1.165, 1.54) is 11.1 Å². The fourth-order valence-electron chi connectivity index (χ4n) is 5.67. The Kier molecular flexibility index (Phi) is 8.02. The zero-order chi connectivity index (χ0) is 27.8. The summed E-state index contributed by atoms with van der Waals surface area (Å²) in [6, 6.07) is 12.1. The summed E-state index contributed by atoms with van der Waals surface area (Å²) in [5.41, 5.74) is 8.67. The molecule has 208 valence electrons. The topological polar surface area (TPSA) is 72.7 Å². The quantitative estimate of drug-likeness (QED) is 0.234. The third kappa shape index (κ3) is 5.34. The lowest BCUT2D eigenvalue weighted by Crippen LogP contribution is -2.32. The number of likely N-dealkylation sites (N-methyl/N-ethyl adjacent to an activating group) is 1. The first-order chi connectivity index (χ1) is 19.4. The molecule has 6 rings (SSSR count). The number of ether oxygens (including phenoxy) is 2. The van der Waals surface area contributed by atoms with Crippen LogP contribution in [0.2, 0.25) is 0 Å². The summed E-state index contributed by atoms with van der Waals surface area (Å²) in [6.07, 6.45) is 5.90. The molecule has 1 amide bonds. The van der Waals surface area contributed by atoms with Crippen LogP contribution in [0.25, 0.3) is 33.5 Å². The molecule has 0 saturated carbocycles. The molecule has 40 heavy (non-hydrogen) atoms. The summed E-state index contributed by atoms with van der Waals surface area (Å²) < 4.78 is 13.3. The van der Waals surface area contributed by atoms with Crippen molar-refractivity contribution in [3.8, 4) is 28.1 Å². The van der Waals surface area contributed by atoms with E-state index in [2.05, 4.69) is 51.5 Å². The molecule has 2 aliphatic rings. The van der Waals surface area contributed by atoms with Gasteiger partial charge in [-0.25, -0.2) is 9.97 Å². The molecule has 0 bridgehead atoms. The van der Waals surface area contributed by atoms with E-state index in [1.807, 2.05) is 41.5 Å². The van der Waals surface area contributed by atoms with Crippen molar-refractivity contribution in [1.82, 2.24) is 23.7 Å². The Morgan fingerprint density at radius 3 is 2.80 bits per heavy atom. The van der Waals surface area contributed by atoms with E-state index < -0.39 is 0 Å². The van der Waals surface area contributed by atoms with Crippen LogP contribution in [0.5, 0.6) is 5.75 Å². The largest absolute Gasteiger partial charge is 0.496 e. The number of carbonyl (C=O) groups is 1. The number of hydrogen-bond acceptors (Lipinski definition) is 7. The minimum Gasteiger partial charge on any atom is -0.496 e. The summed E-state index contributed by atoms with van der Waals surface area (Å²) >= 11 is 2.26. The number of rotatable bonds is 7. The fourth-order valence-corrected chi connectivity index (χ4v) is 6.92. The van der Waals surface area contributed by atoms with Gasteiger partial charge in [-0.15, -0.1) is 0 Å². The molecule has 0 aliphatic carbocycles. The van der Waals surface area contributed by atoms with E-state index in [-0.39, 0.29) is 5.91 Å². The molecule has 4 aromatic rings. The van der Waals surface area contributed by atoms with E-state index in [4.69, 9.17) is 19.4 Å². The lowest BCUT2D eigenvalue weighted by molar-refractivity contribution is 0.0766. The summed E-state index contributed by atoms with van der Waals surface area (Å²) in [4.78, 5) is 27.1. The highest BCUT2D eigenvalue weighted by molar-refractivity contribution is 14.2. The number of methoxy groups -OCH3 is 1. The van der Waals surface area contributed by atoms with Crippen molar-refractivity contribution in [1.29, 1.82) is 0 Å². The van der Waals surface area contributed by atoms with Gasteiger partial charge in [-0.05, 0) is 55.3 Å². The molecule has 1 saturated heterocycles. The van der Waals surface area contributed by atoms with E-state index in [0.717, 1.165) is 78.4 Å². The first kappa shape index (κ1) is 27.5. The number of carbonyl (C=O) groups excluding carboxylic acids is 1. The lowest BCUT2D eigenvalue weighted by Gasteiger charge is -2.27. The number of halogens is 1. The van der Waals surface area contributed by atoms with Gasteiger partial charge >= 0.3 is 0 Å². The van der Waals surface area contributed by atoms with Gasteiger partial charge in [0, 0.05) is 98.0 Å². The van der Waals surface area contributed by atoms with Crippen LogP contribution in [-0.4, -0.2) is 77.2 Å². The maximum Gasteiger partial charge on any atom is 0.253 e. The Bertz CT molecular complexity index is 1530. The average molecular weight is 670 g/mol. The summed E-state index contributed by atoms with van der Waals surface area (Å²) in [5.74, 6) is 1.33.